The molecule has 0 aliphatic carbocycles. The van der Waals surface area contributed by atoms with E-state index in [4.69, 9.17) is 0 Å². The van der Waals surface area contributed by atoms with E-state index in [1.54, 1.807) is 6.20 Å². The molecule has 0 bridgehead atoms. The number of H-pyrrole nitrogens is 1. The molecule has 2 aromatic rings. The number of nitrogens with zero attached hydrogens (tertiary/aromatic N) is 2. The van der Waals surface area contributed by atoms with Crippen LogP contribution in [-0.2, 0) is 6.54 Å². The minimum absolute atomic E-state index is 0.484. The third-order valence-corrected chi connectivity index (χ3v) is 2.57. The second kappa shape index (κ2) is 5.42. The molecule has 0 aromatic carbocycles. The molecule has 0 fully saturated rings. The minimum Gasteiger partial charge on any atom is -0.348 e. The maximum absolute atomic E-state index is 4.16. The van der Waals surface area contributed by atoms with Crippen molar-refractivity contribution in [3.05, 3.63) is 48.3 Å². The molecule has 0 spiro atoms. The number of aromatic nitrogens is 3. The summed E-state index contributed by atoms with van der Waals surface area (Å²) in [6.45, 7) is 3.91. The maximum atomic E-state index is 4.16. The largest absolute Gasteiger partial charge is 0.348 e. The molecule has 4 nitrogen and oxygen atoms in total. The summed E-state index contributed by atoms with van der Waals surface area (Å²) >= 11 is 0. The average molecular weight is 216 g/mol. The molecule has 0 saturated heterocycles. The van der Waals surface area contributed by atoms with Crippen molar-refractivity contribution in [2.75, 3.05) is 6.54 Å². The quantitative estimate of drug-likeness (QED) is 0.799. The van der Waals surface area contributed by atoms with Crippen molar-refractivity contribution in [3.8, 4) is 0 Å². The maximum Gasteiger partial charge on any atom is 0.120 e. The van der Waals surface area contributed by atoms with Crippen molar-refractivity contribution in [2.45, 2.75) is 19.4 Å². The predicted molar refractivity (Wildman–Crippen MR) is 62.9 cm³/mol. The number of pyridine rings is 1. The van der Waals surface area contributed by atoms with Crippen LogP contribution in [0.1, 0.15) is 24.2 Å². The van der Waals surface area contributed by atoms with E-state index in [0.29, 0.717) is 5.92 Å². The number of aromatic amines is 1. The Morgan fingerprint density at radius 1 is 1.31 bits per heavy atom. The zero-order valence-corrected chi connectivity index (χ0v) is 9.35. The zero-order chi connectivity index (χ0) is 11.2. The van der Waals surface area contributed by atoms with E-state index in [-0.39, 0.29) is 0 Å². The molecule has 16 heavy (non-hydrogen) atoms. The smallest absolute Gasteiger partial charge is 0.120 e. The Kier molecular flexibility index (Phi) is 3.66. The Hall–Kier alpha value is -1.68. The van der Waals surface area contributed by atoms with Gasteiger partial charge in [0.2, 0.25) is 0 Å². The molecular weight excluding hydrogens is 200 g/mol. The van der Waals surface area contributed by atoms with Gasteiger partial charge in [0, 0.05) is 31.3 Å². The van der Waals surface area contributed by atoms with Crippen LogP contribution in [0.2, 0.25) is 0 Å². The van der Waals surface area contributed by atoms with Gasteiger partial charge in [0.15, 0.2) is 0 Å². The first-order valence-electron chi connectivity index (χ1n) is 5.45. The molecule has 2 rings (SSSR count). The van der Waals surface area contributed by atoms with E-state index in [1.807, 2.05) is 18.6 Å². The van der Waals surface area contributed by atoms with E-state index in [1.165, 1.54) is 5.56 Å². The molecule has 2 aromatic heterocycles. The van der Waals surface area contributed by atoms with Crippen molar-refractivity contribution in [3.63, 3.8) is 0 Å². The third kappa shape index (κ3) is 2.90. The fourth-order valence-electron chi connectivity index (χ4n) is 1.61. The monoisotopic (exact) mass is 216 g/mol. The Morgan fingerprint density at radius 2 is 2.12 bits per heavy atom. The minimum atomic E-state index is 0.484. The predicted octanol–water partition coefficient (Wildman–Crippen LogP) is 1.70. The summed E-state index contributed by atoms with van der Waals surface area (Å²) < 4.78 is 0. The topological polar surface area (TPSA) is 53.6 Å². The lowest BCUT2D eigenvalue weighted by atomic mass is 10.0. The van der Waals surface area contributed by atoms with Crippen LogP contribution in [0.3, 0.4) is 0 Å². The summed E-state index contributed by atoms with van der Waals surface area (Å²) in [7, 11) is 0. The lowest BCUT2D eigenvalue weighted by Crippen LogP contribution is -2.20. The second-order valence-corrected chi connectivity index (χ2v) is 3.85. The van der Waals surface area contributed by atoms with Crippen molar-refractivity contribution in [1.29, 1.82) is 0 Å². The molecule has 0 saturated carbocycles. The number of hydrogen-bond acceptors (Lipinski definition) is 3. The molecule has 0 aliphatic rings. The summed E-state index contributed by atoms with van der Waals surface area (Å²) in [5.41, 5.74) is 1.31. The number of hydrogen-bond donors (Lipinski definition) is 2. The van der Waals surface area contributed by atoms with Crippen LogP contribution in [0.25, 0.3) is 0 Å². The first-order valence-corrected chi connectivity index (χ1v) is 5.45. The number of rotatable bonds is 5. The summed E-state index contributed by atoms with van der Waals surface area (Å²) in [4.78, 5) is 11.2. The van der Waals surface area contributed by atoms with Crippen molar-refractivity contribution in [1.82, 2.24) is 20.3 Å². The average Bonchev–Trinajstić information content (AvgIpc) is 2.83. The second-order valence-electron chi connectivity index (χ2n) is 3.85. The van der Waals surface area contributed by atoms with Crippen molar-refractivity contribution < 1.29 is 0 Å². The van der Waals surface area contributed by atoms with Crippen LogP contribution in [0, 0.1) is 0 Å². The third-order valence-electron chi connectivity index (χ3n) is 2.57. The van der Waals surface area contributed by atoms with Gasteiger partial charge in [-0.2, -0.15) is 0 Å². The molecule has 2 heterocycles. The van der Waals surface area contributed by atoms with Crippen molar-refractivity contribution in [2.24, 2.45) is 0 Å². The van der Waals surface area contributed by atoms with Gasteiger partial charge in [-0.15, -0.1) is 0 Å². The first-order chi connectivity index (χ1) is 7.86. The highest BCUT2D eigenvalue weighted by Gasteiger charge is 2.04. The van der Waals surface area contributed by atoms with Gasteiger partial charge in [-0.1, -0.05) is 6.92 Å². The number of nitrogens with one attached hydrogen (secondary N) is 2. The Balaban J connectivity index is 1.78. The van der Waals surface area contributed by atoms with Crippen LogP contribution >= 0.6 is 0 Å². The molecule has 1 atom stereocenters. The fourth-order valence-corrected chi connectivity index (χ4v) is 1.61. The van der Waals surface area contributed by atoms with Crippen LogP contribution in [0.5, 0.6) is 0 Å². The zero-order valence-electron chi connectivity index (χ0n) is 9.35. The highest BCUT2D eigenvalue weighted by atomic mass is 15.0. The van der Waals surface area contributed by atoms with E-state index < -0.39 is 0 Å². The van der Waals surface area contributed by atoms with Gasteiger partial charge in [-0.05, 0) is 23.6 Å². The van der Waals surface area contributed by atoms with E-state index >= 15 is 0 Å². The van der Waals surface area contributed by atoms with E-state index in [9.17, 15) is 0 Å². The highest BCUT2D eigenvalue weighted by Crippen LogP contribution is 2.12. The highest BCUT2D eigenvalue weighted by molar-refractivity contribution is 5.15. The van der Waals surface area contributed by atoms with Gasteiger partial charge >= 0.3 is 0 Å². The van der Waals surface area contributed by atoms with Gasteiger partial charge in [0.25, 0.3) is 0 Å². The Labute approximate surface area is 95.1 Å². The van der Waals surface area contributed by atoms with Gasteiger partial charge < -0.3 is 10.3 Å². The molecular formula is C12H16N4. The van der Waals surface area contributed by atoms with E-state index in [2.05, 4.69) is 39.3 Å². The van der Waals surface area contributed by atoms with Gasteiger partial charge in [0.1, 0.15) is 5.82 Å². The van der Waals surface area contributed by atoms with Crippen molar-refractivity contribution >= 4 is 0 Å². The molecule has 1 unspecified atom stereocenters. The lowest BCUT2D eigenvalue weighted by Gasteiger charge is -2.11. The summed E-state index contributed by atoms with van der Waals surface area (Å²) in [6.07, 6.45) is 7.27. The summed E-state index contributed by atoms with van der Waals surface area (Å²) in [5, 5.41) is 3.37. The van der Waals surface area contributed by atoms with Crippen LogP contribution < -0.4 is 5.32 Å². The molecule has 0 radical (unpaired) electrons. The summed E-state index contributed by atoms with van der Waals surface area (Å²) in [5.74, 6) is 1.46. The molecule has 4 heteroatoms. The first kappa shape index (κ1) is 10.8. The molecule has 0 amide bonds. The normalized spacial score (nSPS) is 12.6. The molecule has 0 aliphatic heterocycles. The van der Waals surface area contributed by atoms with Crippen LogP contribution in [0.15, 0.2) is 36.9 Å². The van der Waals surface area contributed by atoms with Gasteiger partial charge in [0.05, 0.1) is 6.54 Å². The molecule has 84 valence electrons. The van der Waals surface area contributed by atoms with E-state index in [0.717, 1.165) is 18.9 Å². The van der Waals surface area contributed by atoms with Crippen LogP contribution in [-0.4, -0.2) is 21.5 Å². The standard InChI is InChI=1S/C12H16N4/c1-10(11-2-4-13-5-3-11)8-14-9-12-15-6-7-16-12/h2-7,10,14H,8-9H2,1H3,(H,15,16). The Morgan fingerprint density at radius 3 is 2.81 bits per heavy atom. The molecule has 2 N–H and O–H groups in total. The van der Waals surface area contributed by atoms with Gasteiger partial charge in [-0.3, -0.25) is 4.98 Å². The fraction of sp³-hybridized carbons (Fsp3) is 0.333. The Bertz CT molecular complexity index is 396. The summed E-state index contributed by atoms with van der Waals surface area (Å²) in [6, 6.07) is 4.11. The lowest BCUT2D eigenvalue weighted by molar-refractivity contribution is 0.602. The number of imidazole rings is 1. The van der Waals surface area contributed by atoms with Crippen LogP contribution in [0.4, 0.5) is 0 Å². The van der Waals surface area contributed by atoms with Gasteiger partial charge in [-0.25, -0.2) is 4.98 Å². The SMILES string of the molecule is CC(CNCc1ncc[nH]1)c1ccncc1.